The first kappa shape index (κ1) is 12.9. The summed E-state index contributed by atoms with van der Waals surface area (Å²) in [7, 11) is 0. The van der Waals surface area contributed by atoms with Crippen molar-refractivity contribution < 1.29 is 0 Å². The number of hydrogen-bond acceptors (Lipinski definition) is 2. The van der Waals surface area contributed by atoms with Gasteiger partial charge in [0.1, 0.15) is 0 Å². The molecule has 0 amide bonds. The molecular formula is C17H21NS. The molecule has 0 aliphatic heterocycles. The molecule has 0 radical (unpaired) electrons. The molecule has 2 heteroatoms. The van der Waals surface area contributed by atoms with Crippen molar-refractivity contribution in [3.05, 3.63) is 56.8 Å². The number of aryl methyl sites for hydroxylation is 3. The van der Waals surface area contributed by atoms with E-state index in [9.17, 15) is 0 Å². The van der Waals surface area contributed by atoms with Gasteiger partial charge in [-0.1, -0.05) is 18.2 Å². The average molecular weight is 271 g/mol. The third-order valence-corrected chi connectivity index (χ3v) is 5.21. The number of thiophene rings is 1. The highest BCUT2D eigenvalue weighted by Gasteiger charge is 2.27. The second-order valence-electron chi connectivity index (χ2n) is 5.78. The third-order valence-electron chi connectivity index (χ3n) is 4.37. The fraction of sp³-hybridized carbons (Fsp3) is 0.412. The summed E-state index contributed by atoms with van der Waals surface area (Å²) in [5.41, 5.74) is 11.8. The minimum Gasteiger partial charge on any atom is -0.318 e. The molecule has 1 aromatic heterocycles. The Morgan fingerprint density at radius 1 is 1.11 bits per heavy atom. The predicted molar refractivity (Wildman–Crippen MR) is 82.8 cm³/mol. The number of benzene rings is 1. The summed E-state index contributed by atoms with van der Waals surface area (Å²) in [4.78, 5) is 1.32. The molecule has 1 nitrogen and oxygen atoms in total. The van der Waals surface area contributed by atoms with Crippen LogP contribution in [0.3, 0.4) is 0 Å². The second-order valence-corrected chi connectivity index (χ2v) is 6.90. The van der Waals surface area contributed by atoms with Crippen LogP contribution in [0.5, 0.6) is 0 Å². The third kappa shape index (κ3) is 2.24. The highest BCUT2D eigenvalue weighted by atomic mass is 32.1. The van der Waals surface area contributed by atoms with E-state index in [0.29, 0.717) is 0 Å². The van der Waals surface area contributed by atoms with Crippen LogP contribution >= 0.6 is 11.3 Å². The highest BCUT2D eigenvalue weighted by Crippen LogP contribution is 2.33. The van der Waals surface area contributed by atoms with Gasteiger partial charge >= 0.3 is 0 Å². The first-order chi connectivity index (χ1) is 9.09. The van der Waals surface area contributed by atoms with E-state index in [1.807, 2.05) is 0 Å². The molecule has 1 aliphatic rings. The van der Waals surface area contributed by atoms with Gasteiger partial charge in [0.2, 0.25) is 0 Å². The highest BCUT2D eigenvalue weighted by molar-refractivity contribution is 7.10. The minimum absolute atomic E-state index is 0.378. The van der Waals surface area contributed by atoms with Gasteiger partial charge in [0.25, 0.3) is 0 Å². The first-order valence-electron chi connectivity index (χ1n) is 7.05. The Bertz CT molecular complexity index is 595. The summed E-state index contributed by atoms with van der Waals surface area (Å²) in [6.07, 6.45) is 5.08. The topological polar surface area (TPSA) is 26.0 Å². The van der Waals surface area contributed by atoms with E-state index in [4.69, 9.17) is 5.73 Å². The van der Waals surface area contributed by atoms with Crippen LogP contribution in [0.25, 0.3) is 0 Å². The largest absolute Gasteiger partial charge is 0.318 e. The number of rotatable bonds is 2. The van der Waals surface area contributed by atoms with E-state index in [2.05, 4.69) is 43.5 Å². The van der Waals surface area contributed by atoms with Gasteiger partial charge < -0.3 is 5.73 Å². The molecule has 100 valence electrons. The minimum atomic E-state index is -0.378. The lowest BCUT2D eigenvalue weighted by molar-refractivity contribution is 0.597. The zero-order valence-electron chi connectivity index (χ0n) is 11.7. The van der Waals surface area contributed by atoms with Gasteiger partial charge in [-0.3, -0.25) is 0 Å². The predicted octanol–water partition coefficient (Wildman–Crippen LogP) is 4.16. The first-order valence-corrected chi connectivity index (χ1v) is 7.93. The second kappa shape index (κ2) is 4.77. The zero-order valence-corrected chi connectivity index (χ0v) is 12.5. The van der Waals surface area contributed by atoms with Gasteiger partial charge in [-0.25, -0.2) is 0 Å². The number of fused-ring (bicyclic) bond motifs is 1. The van der Waals surface area contributed by atoms with E-state index < -0.39 is 0 Å². The fourth-order valence-corrected chi connectivity index (χ4v) is 3.95. The molecule has 3 rings (SSSR count). The summed E-state index contributed by atoms with van der Waals surface area (Å²) < 4.78 is 0. The van der Waals surface area contributed by atoms with Crippen molar-refractivity contribution in [1.82, 2.24) is 0 Å². The Hall–Kier alpha value is -1.12. The Balaban J connectivity index is 2.04. The molecule has 0 bridgehead atoms. The molecule has 0 saturated carbocycles. The quantitative estimate of drug-likeness (QED) is 0.872. The van der Waals surface area contributed by atoms with Crippen LogP contribution in [0, 0.1) is 6.92 Å². The molecule has 2 N–H and O–H groups in total. The SMILES string of the molecule is Cc1sccc1C(C)(N)c1ccc2c(c1)CCCC2. The molecular weight excluding hydrogens is 250 g/mol. The van der Waals surface area contributed by atoms with Gasteiger partial charge in [0, 0.05) is 4.88 Å². The van der Waals surface area contributed by atoms with Crippen LogP contribution in [0.15, 0.2) is 29.6 Å². The monoisotopic (exact) mass is 271 g/mol. The Morgan fingerprint density at radius 3 is 2.53 bits per heavy atom. The summed E-state index contributed by atoms with van der Waals surface area (Å²) >= 11 is 1.77. The molecule has 1 atom stereocenters. The maximum Gasteiger partial charge on any atom is 0.0647 e. The molecule has 0 saturated heterocycles. The van der Waals surface area contributed by atoms with E-state index in [1.54, 1.807) is 11.3 Å². The van der Waals surface area contributed by atoms with E-state index in [-0.39, 0.29) is 5.54 Å². The lowest BCUT2D eigenvalue weighted by Gasteiger charge is -2.28. The molecule has 0 spiro atoms. The molecule has 2 aromatic rings. The summed E-state index contributed by atoms with van der Waals surface area (Å²) in [5.74, 6) is 0. The van der Waals surface area contributed by atoms with Crippen molar-refractivity contribution in [3.8, 4) is 0 Å². The van der Waals surface area contributed by atoms with Crippen LogP contribution in [-0.2, 0) is 18.4 Å². The van der Waals surface area contributed by atoms with Crippen molar-refractivity contribution in [3.63, 3.8) is 0 Å². The van der Waals surface area contributed by atoms with Gasteiger partial charge in [-0.05, 0) is 73.2 Å². The van der Waals surface area contributed by atoms with Gasteiger partial charge in [0.05, 0.1) is 5.54 Å². The summed E-state index contributed by atoms with van der Waals surface area (Å²) in [5, 5.41) is 2.13. The number of hydrogen-bond donors (Lipinski definition) is 1. The lowest BCUT2D eigenvalue weighted by Crippen LogP contribution is -2.34. The number of nitrogens with two attached hydrogens (primary N) is 1. The van der Waals surface area contributed by atoms with E-state index in [0.717, 1.165) is 0 Å². The Labute approximate surface area is 119 Å². The molecule has 1 aliphatic carbocycles. The normalized spacial score (nSPS) is 17.8. The smallest absolute Gasteiger partial charge is 0.0647 e. The molecule has 1 unspecified atom stereocenters. The Morgan fingerprint density at radius 2 is 1.84 bits per heavy atom. The van der Waals surface area contributed by atoms with Crippen LogP contribution in [-0.4, -0.2) is 0 Å². The fourth-order valence-electron chi connectivity index (χ4n) is 3.14. The van der Waals surface area contributed by atoms with Crippen molar-refractivity contribution >= 4 is 11.3 Å². The standard InChI is InChI=1S/C17H21NS/c1-12-16(9-10-19-12)17(2,18)15-8-7-13-5-3-4-6-14(13)11-15/h7-11H,3-6,18H2,1-2H3. The van der Waals surface area contributed by atoms with Crippen molar-refractivity contribution in [2.45, 2.75) is 45.1 Å². The van der Waals surface area contributed by atoms with Crippen LogP contribution in [0.4, 0.5) is 0 Å². The van der Waals surface area contributed by atoms with Gasteiger partial charge in [0.15, 0.2) is 0 Å². The molecule has 0 fully saturated rings. The van der Waals surface area contributed by atoms with Crippen LogP contribution < -0.4 is 5.73 Å². The maximum absolute atomic E-state index is 6.64. The lowest BCUT2D eigenvalue weighted by atomic mass is 9.82. The summed E-state index contributed by atoms with van der Waals surface area (Å²) in [6.45, 7) is 4.29. The maximum atomic E-state index is 6.64. The van der Waals surface area contributed by atoms with Crippen molar-refractivity contribution in [2.24, 2.45) is 5.73 Å². The van der Waals surface area contributed by atoms with Crippen LogP contribution in [0.1, 0.15) is 46.9 Å². The van der Waals surface area contributed by atoms with E-state index >= 15 is 0 Å². The molecule has 1 heterocycles. The van der Waals surface area contributed by atoms with Crippen molar-refractivity contribution in [1.29, 1.82) is 0 Å². The Kier molecular flexibility index (Phi) is 3.23. The molecule has 1 aromatic carbocycles. The summed E-state index contributed by atoms with van der Waals surface area (Å²) in [6, 6.07) is 9.02. The zero-order chi connectivity index (χ0) is 13.5. The van der Waals surface area contributed by atoms with Crippen LogP contribution in [0.2, 0.25) is 0 Å². The van der Waals surface area contributed by atoms with Gasteiger partial charge in [-0.15, -0.1) is 11.3 Å². The van der Waals surface area contributed by atoms with Crippen molar-refractivity contribution in [2.75, 3.05) is 0 Å². The van der Waals surface area contributed by atoms with Gasteiger partial charge in [-0.2, -0.15) is 0 Å². The van der Waals surface area contributed by atoms with E-state index in [1.165, 1.54) is 52.8 Å². The molecule has 19 heavy (non-hydrogen) atoms. The average Bonchev–Trinajstić information content (AvgIpc) is 2.85.